The third kappa shape index (κ3) is 5.00. The summed E-state index contributed by atoms with van der Waals surface area (Å²) in [5.74, 6) is -1.63. The van der Waals surface area contributed by atoms with E-state index in [0.717, 1.165) is 22.3 Å². The molecule has 3 aromatic rings. The van der Waals surface area contributed by atoms with Gasteiger partial charge in [0.05, 0.1) is 6.20 Å². The van der Waals surface area contributed by atoms with Crippen LogP contribution in [-0.4, -0.2) is 50.7 Å². The van der Waals surface area contributed by atoms with Crippen molar-refractivity contribution in [3.8, 4) is 11.1 Å². The van der Waals surface area contributed by atoms with Gasteiger partial charge in [-0.3, -0.25) is 14.3 Å². The summed E-state index contributed by atoms with van der Waals surface area (Å²) in [6.07, 6.45) is 0.273. The van der Waals surface area contributed by atoms with E-state index >= 15 is 0 Å². The van der Waals surface area contributed by atoms with Crippen molar-refractivity contribution >= 4 is 23.8 Å². The number of aromatic nitrogens is 3. The zero-order chi connectivity index (χ0) is 23.4. The van der Waals surface area contributed by atoms with E-state index in [1.165, 1.54) is 10.9 Å². The van der Waals surface area contributed by atoms with E-state index in [1.54, 1.807) is 7.05 Å². The number of amides is 2. The predicted octanol–water partition coefficient (Wildman–Crippen LogP) is 2.53. The number of nitrogens with zero attached hydrogens (tertiary/aromatic N) is 3. The minimum atomic E-state index is -1.11. The average molecular weight is 449 g/mol. The van der Waals surface area contributed by atoms with Crippen LogP contribution in [0.3, 0.4) is 0 Å². The molecule has 0 fully saturated rings. The van der Waals surface area contributed by atoms with E-state index in [0.29, 0.717) is 0 Å². The fourth-order valence-electron chi connectivity index (χ4n) is 3.94. The Labute approximate surface area is 189 Å². The lowest BCUT2D eigenvalue weighted by Crippen LogP contribution is -2.44. The van der Waals surface area contributed by atoms with Crippen molar-refractivity contribution in [2.45, 2.75) is 24.8 Å². The lowest BCUT2D eigenvalue weighted by Gasteiger charge is -2.19. The maximum absolute atomic E-state index is 12.6. The molecule has 4 rings (SSSR count). The number of rotatable bonds is 8. The molecule has 33 heavy (non-hydrogen) atoms. The standard InChI is InChI=1S/C23H23N5O5/c1-28-12-20(26-27-28)25-22(31)19(10-11-21(29)30)24-23(32)33-13-18-16-8-4-2-6-14(16)15-7-3-5-9-17(15)18/h2-9,12,18-19H,10-11,13H2,1H3,(H,24,32)(H,25,31)(H,29,30). The number of hydrogen-bond acceptors (Lipinski definition) is 6. The number of carbonyl (C=O) groups excluding carboxylic acids is 2. The first-order valence-electron chi connectivity index (χ1n) is 10.4. The van der Waals surface area contributed by atoms with Gasteiger partial charge in [0.2, 0.25) is 5.91 Å². The Morgan fingerprint density at radius 2 is 1.73 bits per heavy atom. The summed E-state index contributed by atoms with van der Waals surface area (Å²) >= 11 is 0. The Hall–Kier alpha value is -4.21. The maximum atomic E-state index is 12.6. The van der Waals surface area contributed by atoms with Crippen molar-refractivity contribution in [2.24, 2.45) is 7.05 Å². The number of aliphatic carboxylic acids is 1. The van der Waals surface area contributed by atoms with Crippen molar-refractivity contribution < 1.29 is 24.2 Å². The minimum absolute atomic E-state index is 0.0806. The lowest BCUT2D eigenvalue weighted by molar-refractivity contribution is -0.137. The quantitative estimate of drug-likeness (QED) is 0.481. The molecule has 170 valence electrons. The zero-order valence-corrected chi connectivity index (χ0v) is 17.9. The molecule has 10 heteroatoms. The van der Waals surface area contributed by atoms with Crippen molar-refractivity contribution in [1.29, 1.82) is 0 Å². The molecule has 0 bridgehead atoms. The molecule has 3 N–H and O–H groups in total. The Balaban J connectivity index is 1.42. The highest BCUT2D eigenvalue weighted by Gasteiger charge is 2.30. The van der Waals surface area contributed by atoms with Crippen LogP contribution < -0.4 is 10.6 Å². The number of anilines is 1. The number of ether oxygens (including phenoxy) is 1. The monoisotopic (exact) mass is 449 g/mol. The number of nitrogens with one attached hydrogen (secondary N) is 2. The fourth-order valence-corrected chi connectivity index (χ4v) is 3.94. The summed E-state index contributed by atoms with van der Waals surface area (Å²) in [7, 11) is 1.64. The molecule has 1 unspecified atom stereocenters. The highest BCUT2D eigenvalue weighted by molar-refractivity contribution is 5.96. The summed E-state index contributed by atoms with van der Waals surface area (Å²) in [5, 5.41) is 21.5. The van der Waals surface area contributed by atoms with E-state index in [2.05, 4.69) is 20.9 Å². The molecule has 1 heterocycles. The van der Waals surface area contributed by atoms with Gasteiger partial charge in [-0.25, -0.2) is 4.79 Å². The van der Waals surface area contributed by atoms with Crippen LogP contribution in [0, 0.1) is 0 Å². The van der Waals surface area contributed by atoms with Gasteiger partial charge in [-0.2, -0.15) is 0 Å². The second kappa shape index (κ2) is 9.51. The zero-order valence-electron chi connectivity index (χ0n) is 17.9. The summed E-state index contributed by atoms with van der Waals surface area (Å²) in [6, 6.07) is 14.8. The molecule has 0 aliphatic heterocycles. The number of hydrogen-bond donors (Lipinski definition) is 3. The summed E-state index contributed by atoms with van der Waals surface area (Å²) in [5.41, 5.74) is 4.33. The third-order valence-corrected chi connectivity index (χ3v) is 5.45. The molecule has 2 aromatic carbocycles. The van der Waals surface area contributed by atoms with Gasteiger partial charge in [0.25, 0.3) is 0 Å². The SMILES string of the molecule is Cn1cc(NC(=O)C(CCC(=O)O)NC(=O)OCC2c3ccccc3-c3ccccc32)nn1. The Morgan fingerprint density at radius 1 is 1.09 bits per heavy atom. The lowest BCUT2D eigenvalue weighted by atomic mass is 9.98. The van der Waals surface area contributed by atoms with E-state index in [-0.39, 0.29) is 31.2 Å². The number of benzene rings is 2. The van der Waals surface area contributed by atoms with Crippen molar-refractivity contribution in [2.75, 3.05) is 11.9 Å². The van der Waals surface area contributed by atoms with E-state index in [9.17, 15) is 14.4 Å². The number of carboxylic acid groups (broad SMARTS) is 1. The number of aryl methyl sites for hydroxylation is 1. The van der Waals surface area contributed by atoms with Crippen LogP contribution >= 0.6 is 0 Å². The second-order valence-corrected chi connectivity index (χ2v) is 7.72. The summed E-state index contributed by atoms with van der Waals surface area (Å²) in [6.45, 7) is 0.0806. The first kappa shape index (κ1) is 22.0. The van der Waals surface area contributed by atoms with Gasteiger partial charge in [-0.1, -0.05) is 53.7 Å². The number of carbonyl (C=O) groups is 3. The first-order chi connectivity index (χ1) is 15.9. The van der Waals surface area contributed by atoms with Crippen molar-refractivity contribution in [3.63, 3.8) is 0 Å². The van der Waals surface area contributed by atoms with Gasteiger partial charge in [0.15, 0.2) is 5.82 Å². The molecule has 0 saturated carbocycles. The molecule has 0 spiro atoms. The molecule has 0 radical (unpaired) electrons. The topological polar surface area (TPSA) is 135 Å². The minimum Gasteiger partial charge on any atom is -0.481 e. The van der Waals surface area contributed by atoms with Gasteiger partial charge in [-0.05, 0) is 28.7 Å². The Bertz CT molecular complexity index is 1150. The van der Waals surface area contributed by atoms with E-state index < -0.39 is 24.0 Å². The van der Waals surface area contributed by atoms with Crippen LogP contribution in [0.2, 0.25) is 0 Å². The molecular formula is C23H23N5O5. The molecule has 1 aromatic heterocycles. The van der Waals surface area contributed by atoms with Gasteiger partial charge in [0, 0.05) is 19.4 Å². The van der Waals surface area contributed by atoms with E-state index in [4.69, 9.17) is 9.84 Å². The first-order valence-corrected chi connectivity index (χ1v) is 10.4. The van der Waals surface area contributed by atoms with Gasteiger partial charge in [0.1, 0.15) is 12.6 Å². The van der Waals surface area contributed by atoms with Gasteiger partial charge in [-0.15, -0.1) is 5.10 Å². The van der Waals surface area contributed by atoms with Crippen LogP contribution in [0.15, 0.2) is 54.7 Å². The Morgan fingerprint density at radius 3 is 2.30 bits per heavy atom. The van der Waals surface area contributed by atoms with Gasteiger partial charge < -0.3 is 20.5 Å². The molecule has 0 saturated heterocycles. The molecule has 10 nitrogen and oxygen atoms in total. The second-order valence-electron chi connectivity index (χ2n) is 7.72. The van der Waals surface area contributed by atoms with Crippen LogP contribution in [-0.2, 0) is 21.4 Å². The summed E-state index contributed by atoms with van der Waals surface area (Å²) < 4.78 is 6.88. The van der Waals surface area contributed by atoms with Crippen LogP contribution in [0.4, 0.5) is 10.6 Å². The largest absolute Gasteiger partial charge is 0.481 e. The molecule has 1 aliphatic carbocycles. The normalized spacial score (nSPS) is 13.0. The average Bonchev–Trinajstić information content (AvgIpc) is 3.35. The van der Waals surface area contributed by atoms with Gasteiger partial charge >= 0.3 is 12.1 Å². The maximum Gasteiger partial charge on any atom is 0.407 e. The van der Waals surface area contributed by atoms with E-state index in [1.807, 2.05) is 48.5 Å². The fraction of sp³-hybridized carbons (Fsp3) is 0.261. The van der Waals surface area contributed by atoms with Crippen molar-refractivity contribution in [3.05, 3.63) is 65.9 Å². The van der Waals surface area contributed by atoms with Crippen LogP contribution in [0.25, 0.3) is 11.1 Å². The molecule has 1 atom stereocenters. The van der Waals surface area contributed by atoms with Crippen molar-refractivity contribution in [1.82, 2.24) is 20.3 Å². The number of alkyl carbamates (subject to hydrolysis) is 1. The third-order valence-electron chi connectivity index (χ3n) is 5.45. The smallest absolute Gasteiger partial charge is 0.407 e. The molecular weight excluding hydrogens is 426 g/mol. The van der Waals surface area contributed by atoms with Crippen LogP contribution in [0.5, 0.6) is 0 Å². The number of carboxylic acids is 1. The highest BCUT2D eigenvalue weighted by atomic mass is 16.5. The highest BCUT2D eigenvalue weighted by Crippen LogP contribution is 2.44. The number of fused-ring (bicyclic) bond motifs is 3. The van der Waals surface area contributed by atoms with Crippen LogP contribution in [0.1, 0.15) is 29.9 Å². The Kier molecular flexibility index (Phi) is 6.34. The predicted molar refractivity (Wildman–Crippen MR) is 118 cm³/mol. The molecule has 2 amide bonds. The molecule has 1 aliphatic rings. The summed E-state index contributed by atoms with van der Waals surface area (Å²) in [4.78, 5) is 36.2.